The monoisotopic (exact) mass is 396 g/mol. The maximum absolute atomic E-state index is 13.4. The van der Waals surface area contributed by atoms with Gasteiger partial charge in [-0.25, -0.2) is 0 Å². The number of carbonyl (C=O) groups excluding carboxylic acids is 1. The van der Waals surface area contributed by atoms with Crippen molar-refractivity contribution in [1.29, 1.82) is 0 Å². The molecule has 2 fully saturated rings. The first kappa shape index (κ1) is 21.4. The van der Waals surface area contributed by atoms with E-state index in [4.69, 9.17) is 0 Å². The lowest BCUT2D eigenvalue weighted by atomic mass is 9.47. The lowest BCUT2D eigenvalue weighted by Gasteiger charge is -2.56. The van der Waals surface area contributed by atoms with Crippen molar-refractivity contribution in [2.24, 2.45) is 52.3 Å². The molecule has 4 aliphatic carbocycles. The van der Waals surface area contributed by atoms with Crippen LogP contribution >= 0.6 is 0 Å². The molecule has 4 aliphatic rings. The highest BCUT2D eigenvalue weighted by Gasteiger charge is 2.60. The molecule has 4 rings (SSSR count). The van der Waals surface area contributed by atoms with Crippen LogP contribution in [0.25, 0.3) is 0 Å². The summed E-state index contributed by atoms with van der Waals surface area (Å²) in [6.07, 6.45) is 17.0. The predicted octanol–water partition coefficient (Wildman–Crippen LogP) is 7.62. The fourth-order valence-corrected chi connectivity index (χ4v) is 8.08. The third kappa shape index (κ3) is 3.39. The van der Waals surface area contributed by atoms with Crippen LogP contribution in [-0.4, -0.2) is 5.78 Å². The first-order chi connectivity index (χ1) is 13.7. The van der Waals surface area contributed by atoms with E-state index in [0.29, 0.717) is 29.0 Å². The molecule has 0 spiro atoms. The van der Waals surface area contributed by atoms with Crippen LogP contribution in [0, 0.1) is 52.3 Å². The third-order valence-electron chi connectivity index (χ3n) is 10.5. The van der Waals surface area contributed by atoms with Gasteiger partial charge in [0.2, 0.25) is 0 Å². The molecule has 1 nitrogen and oxygen atoms in total. The van der Waals surface area contributed by atoms with Crippen LogP contribution in [0.3, 0.4) is 0 Å². The molecule has 0 saturated heterocycles. The van der Waals surface area contributed by atoms with Crippen LogP contribution in [0.15, 0.2) is 23.8 Å². The van der Waals surface area contributed by atoms with Gasteiger partial charge in [0, 0.05) is 5.92 Å². The van der Waals surface area contributed by atoms with Crippen molar-refractivity contribution in [2.75, 3.05) is 0 Å². The maximum Gasteiger partial charge on any atom is 0.159 e. The zero-order chi connectivity index (χ0) is 21.0. The molecule has 0 bridgehead atoms. The Hall–Kier alpha value is -0.850. The van der Waals surface area contributed by atoms with E-state index < -0.39 is 0 Å². The standard InChI is InChI=1S/C28H44O/c1-18(2)19(3)10-11-20(4)22-12-13-23-26-24(14-16-28(22,23)6)27(5)15-8-7-9-21(27)17-25(26)29/h7,9,17-20,22-24,26H,8,10-16H2,1-6H3/t19-,20-,22-,23+,24+,26+,27+,28-/m1/s1. The zero-order valence-corrected chi connectivity index (χ0v) is 19.8. The summed E-state index contributed by atoms with van der Waals surface area (Å²) in [7, 11) is 0. The summed E-state index contributed by atoms with van der Waals surface area (Å²) in [6, 6.07) is 0. The van der Waals surface area contributed by atoms with Gasteiger partial charge in [0.1, 0.15) is 0 Å². The van der Waals surface area contributed by atoms with Gasteiger partial charge in [0.15, 0.2) is 5.78 Å². The van der Waals surface area contributed by atoms with Crippen molar-refractivity contribution < 1.29 is 4.79 Å². The molecule has 0 amide bonds. The second kappa shape index (κ2) is 7.69. The van der Waals surface area contributed by atoms with Crippen molar-refractivity contribution in [3.63, 3.8) is 0 Å². The van der Waals surface area contributed by atoms with E-state index in [1.165, 1.54) is 56.9 Å². The number of ketones is 1. The topological polar surface area (TPSA) is 17.1 Å². The fourth-order valence-electron chi connectivity index (χ4n) is 8.08. The highest BCUT2D eigenvalue weighted by molar-refractivity contribution is 5.95. The minimum absolute atomic E-state index is 0.241. The van der Waals surface area contributed by atoms with E-state index in [-0.39, 0.29) is 5.41 Å². The SMILES string of the molecule is CC(C)[C@H](C)CC[C@@H](C)[C@H]1CC[C@H]2[C@@H]3C(=O)C=C4C=CCC[C@]4(C)[C@H]3CC[C@]12C. The maximum atomic E-state index is 13.4. The van der Waals surface area contributed by atoms with Crippen molar-refractivity contribution in [2.45, 2.75) is 92.9 Å². The van der Waals surface area contributed by atoms with Crippen LogP contribution in [0.4, 0.5) is 0 Å². The summed E-state index contributed by atoms with van der Waals surface area (Å²) < 4.78 is 0. The van der Waals surface area contributed by atoms with Gasteiger partial charge >= 0.3 is 0 Å². The molecular weight excluding hydrogens is 352 g/mol. The molecule has 29 heavy (non-hydrogen) atoms. The molecule has 0 aromatic heterocycles. The smallest absolute Gasteiger partial charge is 0.159 e. The van der Waals surface area contributed by atoms with Crippen LogP contribution < -0.4 is 0 Å². The van der Waals surface area contributed by atoms with Gasteiger partial charge in [-0.15, -0.1) is 0 Å². The second-order valence-corrected chi connectivity index (χ2v) is 12.1. The van der Waals surface area contributed by atoms with E-state index in [2.05, 4.69) is 59.8 Å². The molecule has 0 aliphatic heterocycles. The average molecular weight is 397 g/mol. The van der Waals surface area contributed by atoms with Gasteiger partial charge in [-0.1, -0.05) is 66.5 Å². The van der Waals surface area contributed by atoms with Gasteiger partial charge in [0.25, 0.3) is 0 Å². The molecule has 0 radical (unpaired) electrons. The highest BCUT2D eigenvalue weighted by Crippen LogP contribution is 2.66. The van der Waals surface area contributed by atoms with Gasteiger partial charge in [-0.3, -0.25) is 4.79 Å². The summed E-state index contributed by atoms with van der Waals surface area (Å²) in [5.41, 5.74) is 1.96. The molecule has 0 N–H and O–H groups in total. The number of fused-ring (bicyclic) bond motifs is 5. The number of carbonyl (C=O) groups is 1. The Morgan fingerprint density at radius 1 is 1.00 bits per heavy atom. The molecule has 0 aromatic rings. The van der Waals surface area contributed by atoms with Gasteiger partial charge in [-0.05, 0) is 96.5 Å². The summed E-state index contributed by atoms with van der Waals surface area (Å²) in [5, 5.41) is 0. The molecule has 0 unspecified atom stereocenters. The van der Waals surface area contributed by atoms with Crippen molar-refractivity contribution in [3.05, 3.63) is 23.8 Å². The van der Waals surface area contributed by atoms with Crippen LogP contribution in [0.5, 0.6) is 0 Å². The van der Waals surface area contributed by atoms with Gasteiger partial charge < -0.3 is 0 Å². The molecular formula is C28H44O. The van der Waals surface area contributed by atoms with Crippen LogP contribution in [0.1, 0.15) is 92.9 Å². The average Bonchev–Trinajstić information content (AvgIpc) is 3.03. The third-order valence-corrected chi connectivity index (χ3v) is 10.5. The summed E-state index contributed by atoms with van der Waals surface area (Å²) in [6.45, 7) is 14.7. The number of rotatable bonds is 5. The number of hydrogen-bond donors (Lipinski definition) is 0. The first-order valence-corrected chi connectivity index (χ1v) is 12.6. The Balaban J connectivity index is 1.54. The molecule has 162 valence electrons. The Kier molecular flexibility index (Phi) is 5.67. The summed E-state index contributed by atoms with van der Waals surface area (Å²) >= 11 is 0. The summed E-state index contributed by atoms with van der Waals surface area (Å²) in [5.74, 6) is 5.16. The minimum Gasteiger partial charge on any atom is -0.295 e. The fraction of sp³-hybridized carbons (Fsp3) is 0.821. The predicted molar refractivity (Wildman–Crippen MR) is 123 cm³/mol. The second-order valence-electron chi connectivity index (χ2n) is 12.1. The van der Waals surface area contributed by atoms with E-state index >= 15 is 0 Å². The Morgan fingerprint density at radius 2 is 1.76 bits per heavy atom. The van der Waals surface area contributed by atoms with Gasteiger partial charge in [-0.2, -0.15) is 0 Å². The normalized spacial score (nSPS) is 43.4. The molecule has 2 saturated carbocycles. The van der Waals surface area contributed by atoms with Gasteiger partial charge in [0.05, 0.1) is 0 Å². The van der Waals surface area contributed by atoms with Crippen LogP contribution in [0.2, 0.25) is 0 Å². The first-order valence-electron chi connectivity index (χ1n) is 12.6. The van der Waals surface area contributed by atoms with Crippen molar-refractivity contribution >= 4 is 5.78 Å². The zero-order valence-electron chi connectivity index (χ0n) is 19.8. The molecule has 0 heterocycles. The Labute approximate surface area is 179 Å². The van der Waals surface area contributed by atoms with Crippen molar-refractivity contribution in [3.8, 4) is 0 Å². The number of allylic oxidation sites excluding steroid dienone is 4. The number of hydrogen-bond acceptors (Lipinski definition) is 1. The van der Waals surface area contributed by atoms with Crippen LogP contribution in [-0.2, 0) is 4.79 Å². The van der Waals surface area contributed by atoms with E-state index in [9.17, 15) is 4.79 Å². The van der Waals surface area contributed by atoms with E-state index in [1.54, 1.807) is 0 Å². The highest BCUT2D eigenvalue weighted by atomic mass is 16.1. The molecule has 8 atom stereocenters. The largest absolute Gasteiger partial charge is 0.295 e. The molecule has 0 aromatic carbocycles. The van der Waals surface area contributed by atoms with E-state index in [1.807, 2.05) is 0 Å². The lowest BCUT2D eigenvalue weighted by Crippen LogP contribution is -2.52. The Bertz CT molecular complexity index is 699. The lowest BCUT2D eigenvalue weighted by molar-refractivity contribution is -0.133. The Morgan fingerprint density at radius 3 is 2.48 bits per heavy atom. The quantitative estimate of drug-likeness (QED) is 0.467. The minimum atomic E-state index is 0.241. The van der Waals surface area contributed by atoms with Crippen molar-refractivity contribution in [1.82, 2.24) is 0 Å². The molecule has 1 heteroatoms. The van der Waals surface area contributed by atoms with E-state index in [0.717, 1.165) is 23.7 Å². The summed E-state index contributed by atoms with van der Waals surface area (Å²) in [4.78, 5) is 13.4.